The Balaban J connectivity index is 1.76. The number of halogens is 1. The number of nitrogens with one attached hydrogen (secondary N) is 2. The first-order valence-corrected chi connectivity index (χ1v) is 8.92. The van der Waals surface area contributed by atoms with Gasteiger partial charge >= 0.3 is 6.09 Å². The molecule has 1 aromatic heterocycles. The van der Waals surface area contributed by atoms with Gasteiger partial charge in [0.1, 0.15) is 11.4 Å². The molecule has 150 valence electrons. The second kappa shape index (κ2) is 8.14. The molecule has 2 N–H and O–H groups in total. The molecule has 0 saturated heterocycles. The fourth-order valence-electron chi connectivity index (χ4n) is 2.52. The number of benzene rings is 2. The lowest BCUT2D eigenvalue weighted by molar-refractivity contribution is 0.0635. The molecular weight excluding hydrogens is 375 g/mol. The van der Waals surface area contributed by atoms with Crippen molar-refractivity contribution in [1.29, 1.82) is 0 Å². The minimum Gasteiger partial charge on any atom is -0.444 e. The minimum atomic E-state index is -0.705. The van der Waals surface area contributed by atoms with Crippen LogP contribution in [-0.2, 0) is 4.74 Å². The molecule has 3 rings (SSSR count). The summed E-state index contributed by atoms with van der Waals surface area (Å²) in [5.41, 5.74) is 0.821. The first kappa shape index (κ1) is 20.1. The van der Waals surface area contributed by atoms with Crippen LogP contribution in [0.15, 0.2) is 60.9 Å². The average Bonchev–Trinajstić information content (AvgIpc) is 3.17. The maximum Gasteiger partial charge on any atom is 0.412 e. The monoisotopic (exact) mass is 396 g/mol. The van der Waals surface area contributed by atoms with E-state index in [4.69, 9.17) is 4.74 Å². The summed E-state index contributed by atoms with van der Waals surface area (Å²) >= 11 is 0. The van der Waals surface area contributed by atoms with Crippen LogP contribution in [0.3, 0.4) is 0 Å². The minimum absolute atomic E-state index is 0.122. The topological polar surface area (TPSA) is 85.3 Å². The number of carbonyl (C=O) groups excluding carboxylic acids is 2. The van der Waals surface area contributed by atoms with Gasteiger partial charge in [0.05, 0.1) is 17.1 Å². The third-order valence-corrected chi connectivity index (χ3v) is 3.76. The summed E-state index contributed by atoms with van der Waals surface area (Å²) < 4.78 is 20.6. The predicted octanol–water partition coefficient (Wildman–Crippen LogP) is 4.61. The van der Waals surface area contributed by atoms with Crippen LogP contribution < -0.4 is 10.6 Å². The predicted molar refractivity (Wildman–Crippen MR) is 108 cm³/mol. The first-order chi connectivity index (χ1) is 13.7. The van der Waals surface area contributed by atoms with Crippen molar-refractivity contribution in [2.24, 2.45) is 0 Å². The van der Waals surface area contributed by atoms with Gasteiger partial charge in [-0.15, -0.1) is 0 Å². The van der Waals surface area contributed by atoms with Crippen molar-refractivity contribution in [1.82, 2.24) is 9.78 Å². The van der Waals surface area contributed by atoms with E-state index in [1.165, 1.54) is 12.1 Å². The van der Waals surface area contributed by atoms with E-state index in [-0.39, 0.29) is 11.4 Å². The third kappa shape index (κ3) is 5.41. The van der Waals surface area contributed by atoms with Crippen molar-refractivity contribution in [3.05, 3.63) is 72.3 Å². The molecule has 0 saturated carbocycles. The van der Waals surface area contributed by atoms with Gasteiger partial charge in [0.2, 0.25) is 0 Å². The van der Waals surface area contributed by atoms with E-state index in [0.717, 1.165) is 11.8 Å². The van der Waals surface area contributed by atoms with Crippen molar-refractivity contribution >= 4 is 23.4 Å². The highest BCUT2D eigenvalue weighted by atomic mass is 19.1. The van der Waals surface area contributed by atoms with Gasteiger partial charge in [-0.3, -0.25) is 10.1 Å². The molecule has 3 aromatic rings. The van der Waals surface area contributed by atoms with E-state index in [0.29, 0.717) is 5.56 Å². The Morgan fingerprint density at radius 1 is 1.03 bits per heavy atom. The number of rotatable bonds is 4. The number of nitrogens with zero attached hydrogens (tertiary/aromatic N) is 2. The zero-order valence-corrected chi connectivity index (χ0v) is 16.3. The molecule has 1 heterocycles. The van der Waals surface area contributed by atoms with Crippen molar-refractivity contribution < 1.29 is 18.7 Å². The van der Waals surface area contributed by atoms with Crippen molar-refractivity contribution in [2.45, 2.75) is 26.4 Å². The molecule has 0 aliphatic rings. The van der Waals surface area contributed by atoms with E-state index in [1.807, 2.05) is 0 Å². The largest absolute Gasteiger partial charge is 0.444 e. The van der Waals surface area contributed by atoms with Crippen LogP contribution in [0.1, 0.15) is 31.1 Å². The van der Waals surface area contributed by atoms with E-state index >= 15 is 0 Å². The maximum atomic E-state index is 13.7. The molecule has 8 heteroatoms. The molecule has 0 aliphatic carbocycles. The number of amides is 2. The molecule has 29 heavy (non-hydrogen) atoms. The van der Waals surface area contributed by atoms with E-state index in [1.54, 1.807) is 68.2 Å². The van der Waals surface area contributed by atoms with Crippen molar-refractivity contribution in [3.63, 3.8) is 0 Å². The molecule has 0 radical (unpaired) electrons. The fraction of sp³-hybridized carbons (Fsp3) is 0.190. The zero-order chi connectivity index (χ0) is 21.0. The first-order valence-electron chi connectivity index (χ1n) is 8.92. The second-order valence-corrected chi connectivity index (χ2v) is 7.27. The summed E-state index contributed by atoms with van der Waals surface area (Å²) in [6.07, 6.45) is 2.74. The van der Waals surface area contributed by atoms with Gasteiger partial charge in [-0.1, -0.05) is 0 Å². The third-order valence-electron chi connectivity index (χ3n) is 3.76. The number of carbonyl (C=O) groups is 2. The summed E-state index contributed by atoms with van der Waals surface area (Å²) in [4.78, 5) is 24.6. The summed E-state index contributed by atoms with van der Waals surface area (Å²) in [5.74, 6) is -1.00. The van der Waals surface area contributed by atoms with Gasteiger partial charge < -0.3 is 10.1 Å². The fourth-order valence-corrected chi connectivity index (χ4v) is 2.52. The van der Waals surface area contributed by atoms with Gasteiger partial charge in [0.15, 0.2) is 0 Å². The molecular formula is C21H21FN4O3. The number of aromatic nitrogens is 2. The Kier molecular flexibility index (Phi) is 5.63. The Morgan fingerprint density at radius 2 is 1.76 bits per heavy atom. The lowest BCUT2D eigenvalue weighted by Gasteiger charge is -2.20. The van der Waals surface area contributed by atoms with E-state index in [9.17, 15) is 14.0 Å². The molecule has 0 fully saturated rings. The van der Waals surface area contributed by atoms with E-state index in [2.05, 4.69) is 15.7 Å². The van der Waals surface area contributed by atoms with Gasteiger partial charge in [0, 0.05) is 18.0 Å². The van der Waals surface area contributed by atoms with E-state index < -0.39 is 23.4 Å². The normalized spacial score (nSPS) is 11.0. The molecule has 0 bridgehead atoms. The second-order valence-electron chi connectivity index (χ2n) is 7.27. The summed E-state index contributed by atoms with van der Waals surface area (Å²) in [7, 11) is 0. The molecule has 7 nitrogen and oxygen atoms in total. The van der Waals surface area contributed by atoms with Crippen LogP contribution in [0.5, 0.6) is 0 Å². The van der Waals surface area contributed by atoms with Gasteiger partial charge in [-0.05, 0) is 69.3 Å². The SMILES string of the molecule is CC(C)(C)OC(=O)Nc1ccc(F)cc1NC(=O)c1ccc(-n2cccn2)cc1. The Bertz CT molecular complexity index is 1010. The lowest BCUT2D eigenvalue weighted by atomic mass is 10.1. The smallest absolute Gasteiger partial charge is 0.412 e. The molecule has 0 unspecified atom stereocenters. The van der Waals surface area contributed by atoms with Crippen LogP contribution >= 0.6 is 0 Å². The van der Waals surface area contributed by atoms with Gasteiger partial charge in [0.25, 0.3) is 5.91 Å². The highest BCUT2D eigenvalue weighted by Gasteiger charge is 2.18. The number of hydrogen-bond acceptors (Lipinski definition) is 4. The standard InChI is InChI=1S/C21H21FN4O3/c1-21(2,3)29-20(28)25-17-10-7-15(22)13-18(17)24-19(27)14-5-8-16(9-6-14)26-12-4-11-23-26/h4-13H,1-3H3,(H,24,27)(H,25,28). The molecule has 2 aromatic carbocycles. The molecule has 0 atom stereocenters. The Hall–Kier alpha value is -3.68. The summed E-state index contributed by atoms with van der Waals surface area (Å²) in [5, 5.41) is 9.27. The molecule has 0 aliphatic heterocycles. The highest BCUT2D eigenvalue weighted by molar-refractivity contribution is 6.07. The number of ether oxygens (including phenoxy) is 1. The van der Waals surface area contributed by atoms with Crippen LogP contribution in [0.4, 0.5) is 20.6 Å². The Morgan fingerprint density at radius 3 is 2.38 bits per heavy atom. The van der Waals surface area contributed by atoms with Crippen LogP contribution in [0.2, 0.25) is 0 Å². The maximum absolute atomic E-state index is 13.7. The van der Waals surface area contributed by atoms with Gasteiger partial charge in [-0.2, -0.15) is 5.10 Å². The van der Waals surface area contributed by atoms with Crippen LogP contribution in [0, 0.1) is 5.82 Å². The van der Waals surface area contributed by atoms with Crippen LogP contribution in [0.25, 0.3) is 5.69 Å². The molecule has 2 amide bonds. The quantitative estimate of drug-likeness (QED) is 0.674. The van der Waals surface area contributed by atoms with Crippen molar-refractivity contribution in [3.8, 4) is 5.69 Å². The lowest BCUT2D eigenvalue weighted by Crippen LogP contribution is -2.27. The Labute approximate surface area is 167 Å². The average molecular weight is 396 g/mol. The van der Waals surface area contributed by atoms with Gasteiger partial charge in [-0.25, -0.2) is 13.9 Å². The summed E-state index contributed by atoms with van der Waals surface area (Å²) in [6, 6.07) is 12.2. The number of anilines is 2. The molecule has 0 spiro atoms. The van der Waals surface area contributed by atoms with Crippen LogP contribution in [-0.4, -0.2) is 27.4 Å². The summed E-state index contributed by atoms with van der Waals surface area (Å²) in [6.45, 7) is 5.19. The van der Waals surface area contributed by atoms with Crippen molar-refractivity contribution in [2.75, 3.05) is 10.6 Å². The number of hydrogen-bond donors (Lipinski definition) is 2. The zero-order valence-electron chi connectivity index (χ0n) is 16.3. The highest BCUT2D eigenvalue weighted by Crippen LogP contribution is 2.24.